The summed E-state index contributed by atoms with van der Waals surface area (Å²) >= 11 is 0. The standard InChI is InChI=1S/C16H19F4NO2/c1-10-2-3-14(12(6-10)16(18,19)20)23-15-4-5-21(7-13(15)17)11-8-22-9-11/h2-3,6,11,13,15H,4-5,7-9H2,1H3/t13-,15?/m1/s1. The molecule has 23 heavy (non-hydrogen) atoms. The van der Waals surface area contributed by atoms with Crippen molar-refractivity contribution in [2.75, 3.05) is 26.3 Å². The van der Waals surface area contributed by atoms with Crippen molar-refractivity contribution < 1.29 is 27.0 Å². The fraction of sp³-hybridized carbons (Fsp3) is 0.625. The minimum Gasteiger partial charge on any atom is -0.487 e. The van der Waals surface area contributed by atoms with Crippen molar-refractivity contribution in [1.82, 2.24) is 4.90 Å². The van der Waals surface area contributed by atoms with E-state index in [9.17, 15) is 17.6 Å². The zero-order valence-electron chi connectivity index (χ0n) is 12.8. The maximum absolute atomic E-state index is 14.3. The van der Waals surface area contributed by atoms with Crippen LogP contribution in [0.1, 0.15) is 17.5 Å². The molecule has 0 bridgehead atoms. The third-order valence-corrected chi connectivity index (χ3v) is 4.37. The Bertz CT molecular complexity index is 560. The van der Waals surface area contributed by atoms with Gasteiger partial charge in [0.2, 0.25) is 0 Å². The number of hydrogen-bond donors (Lipinski definition) is 0. The minimum absolute atomic E-state index is 0.173. The van der Waals surface area contributed by atoms with Crippen LogP contribution < -0.4 is 4.74 Å². The van der Waals surface area contributed by atoms with E-state index in [2.05, 4.69) is 0 Å². The van der Waals surface area contributed by atoms with E-state index in [1.807, 2.05) is 4.90 Å². The minimum atomic E-state index is -4.52. The number of hydrogen-bond acceptors (Lipinski definition) is 3. The highest BCUT2D eigenvalue weighted by molar-refractivity contribution is 5.39. The molecule has 0 aromatic heterocycles. The van der Waals surface area contributed by atoms with Crippen LogP contribution in [0.3, 0.4) is 0 Å². The van der Waals surface area contributed by atoms with E-state index in [1.165, 1.54) is 6.07 Å². The summed E-state index contributed by atoms with van der Waals surface area (Å²) in [4.78, 5) is 1.98. The molecule has 0 aliphatic carbocycles. The Balaban J connectivity index is 1.70. The van der Waals surface area contributed by atoms with Crippen LogP contribution in [0.15, 0.2) is 18.2 Å². The second-order valence-electron chi connectivity index (χ2n) is 6.14. The molecule has 2 aliphatic heterocycles. The van der Waals surface area contributed by atoms with Crippen LogP contribution in [0, 0.1) is 6.92 Å². The SMILES string of the molecule is Cc1ccc(OC2CCN(C3COC3)C[C@H]2F)c(C(F)(F)F)c1. The highest BCUT2D eigenvalue weighted by atomic mass is 19.4. The third-order valence-electron chi connectivity index (χ3n) is 4.37. The summed E-state index contributed by atoms with van der Waals surface area (Å²) in [5.74, 6) is -0.295. The molecule has 0 amide bonds. The first kappa shape index (κ1) is 16.5. The van der Waals surface area contributed by atoms with E-state index in [-0.39, 0.29) is 18.3 Å². The molecule has 0 radical (unpaired) electrons. The van der Waals surface area contributed by atoms with E-state index in [1.54, 1.807) is 13.0 Å². The lowest BCUT2D eigenvalue weighted by atomic mass is 10.0. The van der Waals surface area contributed by atoms with Gasteiger partial charge in [0.1, 0.15) is 18.0 Å². The highest BCUT2D eigenvalue weighted by Crippen LogP contribution is 2.38. The molecular weight excluding hydrogens is 314 g/mol. The molecule has 1 aromatic rings. The second kappa shape index (κ2) is 6.28. The lowest BCUT2D eigenvalue weighted by Gasteiger charge is -2.42. The van der Waals surface area contributed by atoms with Gasteiger partial charge in [-0.05, 0) is 25.5 Å². The van der Waals surface area contributed by atoms with E-state index >= 15 is 0 Å². The summed E-state index contributed by atoms with van der Waals surface area (Å²) in [5.41, 5.74) is -0.360. The monoisotopic (exact) mass is 333 g/mol. The zero-order chi connectivity index (χ0) is 16.6. The predicted molar refractivity (Wildman–Crippen MR) is 76.3 cm³/mol. The Kier molecular flexibility index (Phi) is 4.51. The fourth-order valence-electron chi connectivity index (χ4n) is 2.94. The largest absolute Gasteiger partial charge is 0.487 e. The molecule has 2 fully saturated rings. The summed E-state index contributed by atoms with van der Waals surface area (Å²) in [7, 11) is 0. The Labute approximate surface area is 132 Å². The van der Waals surface area contributed by atoms with E-state index < -0.39 is 24.0 Å². The number of benzene rings is 1. The lowest BCUT2D eigenvalue weighted by Crippen LogP contribution is -2.56. The third kappa shape index (κ3) is 3.61. The molecule has 7 heteroatoms. The van der Waals surface area contributed by atoms with Crippen molar-refractivity contribution in [3.63, 3.8) is 0 Å². The van der Waals surface area contributed by atoms with Crippen molar-refractivity contribution >= 4 is 0 Å². The van der Waals surface area contributed by atoms with Gasteiger partial charge in [0.25, 0.3) is 0 Å². The van der Waals surface area contributed by atoms with Crippen molar-refractivity contribution in [3.05, 3.63) is 29.3 Å². The van der Waals surface area contributed by atoms with Gasteiger partial charge in [0.15, 0.2) is 0 Å². The molecule has 0 saturated carbocycles. The molecule has 2 saturated heterocycles. The van der Waals surface area contributed by atoms with Crippen LogP contribution in [0.5, 0.6) is 5.75 Å². The summed E-state index contributed by atoms with van der Waals surface area (Å²) in [6.07, 6.45) is -6.32. The van der Waals surface area contributed by atoms with Crippen LogP contribution in [0.2, 0.25) is 0 Å². The Hall–Kier alpha value is -1.34. The van der Waals surface area contributed by atoms with Crippen molar-refractivity contribution in [3.8, 4) is 5.75 Å². The molecule has 2 heterocycles. The molecule has 2 aliphatic rings. The summed E-state index contributed by atoms with van der Waals surface area (Å²) in [6, 6.07) is 4.07. The van der Waals surface area contributed by atoms with E-state index in [0.717, 1.165) is 6.07 Å². The zero-order valence-corrected chi connectivity index (χ0v) is 12.8. The fourth-order valence-corrected chi connectivity index (χ4v) is 2.94. The molecule has 128 valence electrons. The van der Waals surface area contributed by atoms with Crippen LogP contribution in [0.4, 0.5) is 17.6 Å². The molecule has 3 rings (SSSR count). The van der Waals surface area contributed by atoms with Gasteiger partial charge in [-0.15, -0.1) is 0 Å². The second-order valence-corrected chi connectivity index (χ2v) is 6.14. The first-order valence-corrected chi connectivity index (χ1v) is 7.65. The number of halogens is 4. The number of likely N-dealkylation sites (tertiary alicyclic amines) is 1. The molecule has 0 N–H and O–H groups in total. The molecule has 3 nitrogen and oxygen atoms in total. The molecule has 1 unspecified atom stereocenters. The average Bonchev–Trinajstić information content (AvgIpc) is 2.40. The highest BCUT2D eigenvalue weighted by Gasteiger charge is 2.39. The first-order chi connectivity index (χ1) is 10.8. The van der Waals surface area contributed by atoms with Gasteiger partial charge in [0, 0.05) is 13.1 Å². The van der Waals surface area contributed by atoms with Gasteiger partial charge in [-0.2, -0.15) is 13.2 Å². The number of alkyl halides is 4. The van der Waals surface area contributed by atoms with Gasteiger partial charge in [0.05, 0.1) is 24.8 Å². The van der Waals surface area contributed by atoms with Crippen LogP contribution in [-0.4, -0.2) is 49.5 Å². The molecule has 0 spiro atoms. The summed E-state index contributed by atoms with van der Waals surface area (Å²) in [5, 5.41) is 0. The van der Waals surface area contributed by atoms with E-state index in [0.29, 0.717) is 31.7 Å². The van der Waals surface area contributed by atoms with Crippen LogP contribution in [0.25, 0.3) is 0 Å². The number of nitrogens with zero attached hydrogens (tertiary/aromatic N) is 1. The van der Waals surface area contributed by atoms with Crippen LogP contribution in [-0.2, 0) is 10.9 Å². The summed E-state index contributed by atoms with van der Waals surface area (Å²) < 4.78 is 64.1. The molecule has 1 aromatic carbocycles. The van der Waals surface area contributed by atoms with Gasteiger partial charge in [-0.1, -0.05) is 11.6 Å². The summed E-state index contributed by atoms with van der Waals surface area (Å²) in [6.45, 7) is 3.54. The molecular formula is C16H19F4NO2. The number of aryl methyl sites for hydroxylation is 1. The van der Waals surface area contributed by atoms with Gasteiger partial charge >= 0.3 is 6.18 Å². The quantitative estimate of drug-likeness (QED) is 0.793. The number of piperidine rings is 1. The maximum atomic E-state index is 14.3. The Morgan fingerprint density at radius 2 is 2.00 bits per heavy atom. The van der Waals surface area contributed by atoms with Crippen molar-refractivity contribution in [1.29, 1.82) is 0 Å². The van der Waals surface area contributed by atoms with Crippen molar-refractivity contribution in [2.24, 2.45) is 0 Å². The maximum Gasteiger partial charge on any atom is 0.419 e. The Morgan fingerprint density at radius 3 is 2.57 bits per heavy atom. The smallest absolute Gasteiger partial charge is 0.419 e. The van der Waals surface area contributed by atoms with Gasteiger partial charge in [-0.3, -0.25) is 4.90 Å². The molecule has 2 atom stereocenters. The lowest BCUT2D eigenvalue weighted by molar-refractivity contribution is -0.140. The van der Waals surface area contributed by atoms with Gasteiger partial charge < -0.3 is 9.47 Å². The predicted octanol–water partition coefficient (Wildman–Crippen LogP) is 3.20. The van der Waals surface area contributed by atoms with Gasteiger partial charge in [-0.25, -0.2) is 4.39 Å². The average molecular weight is 333 g/mol. The topological polar surface area (TPSA) is 21.7 Å². The van der Waals surface area contributed by atoms with Crippen LogP contribution >= 0.6 is 0 Å². The van der Waals surface area contributed by atoms with E-state index in [4.69, 9.17) is 9.47 Å². The number of ether oxygens (including phenoxy) is 2. The normalized spacial score (nSPS) is 26.8. The van der Waals surface area contributed by atoms with Crippen molar-refractivity contribution in [2.45, 2.75) is 37.8 Å². The number of rotatable bonds is 3. The Morgan fingerprint density at radius 1 is 1.26 bits per heavy atom. The first-order valence-electron chi connectivity index (χ1n) is 7.65.